The fraction of sp³-hybridized carbons (Fsp3) is 0.636. The van der Waals surface area contributed by atoms with E-state index in [0.717, 1.165) is 11.4 Å². The number of hydrogen-bond donors (Lipinski definition) is 1. The summed E-state index contributed by atoms with van der Waals surface area (Å²) in [6, 6.07) is 0. The maximum atomic E-state index is 11.6. The highest BCUT2D eigenvalue weighted by Crippen LogP contribution is 2.12. The van der Waals surface area contributed by atoms with E-state index in [4.69, 9.17) is 9.47 Å². The van der Waals surface area contributed by atoms with E-state index in [2.05, 4.69) is 10.3 Å². The van der Waals surface area contributed by atoms with Gasteiger partial charge in [0.15, 0.2) is 0 Å². The fourth-order valence-corrected chi connectivity index (χ4v) is 1.92. The van der Waals surface area contributed by atoms with Crippen molar-refractivity contribution in [2.45, 2.75) is 13.3 Å². The van der Waals surface area contributed by atoms with Gasteiger partial charge in [-0.2, -0.15) is 0 Å². The van der Waals surface area contributed by atoms with Gasteiger partial charge in [0.05, 0.1) is 31.0 Å². The van der Waals surface area contributed by atoms with Crippen LogP contribution >= 0.6 is 11.3 Å². The summed E-state index contributed by atoms with van der Waals surface area (Å²) in [7, 11) is 1.63. The molecule has 6 heteroatoms. The van der Waals surface area contributed by atoms with E-state index in [9.17, 15) is 4.79 Å². The first-order valence-corrected chi connectivity index (χ1v) is 6.39. The highest BCUT2D eigenvalue weighted by Gasteiger charge is 2.08. The Morgan fingerprint density at radius 1 is 1.47 bits per heavy atom. The van der Waals surface area contributed by atoms with Crippen molar-refractivity contribution in [2.24, 2.45) is 0 Å². The van der Waals surface area contributed by atoms with Crippen LogP contribution in [0.4, 0.5) is 0 Å². The zero-order valence-corrected chi connectivity index (χ0v) is 11.0. The number of thiazole rings is 1. The van der Waals surface area contributed by atoms with Crippen LogP contribution in [0.15, 0.2) is 6.20 Å². The Labute approximate surface area is 105 Å². The summed E-state index contributed by atoms with van der Waals surface area (Å²) in [5.74, 6) is -0.0856. The highest BCUT2D eigenvalue weighted by molar-refractivity contribution is 7.13. The largest absolute Gasteiger partial charge is 0.382 e. The third kappa shape index (κ3) is 5.25. The van der Waals surface area contributed by atoms with Crippen LogP contribution < -0.4 is 5.32 Å². The summed E-state index contributed by atoms with van der Waals surface area (Å²) < 4.78 is 10.1. The Morgan fingerprint density at radius 2 is 2.29 bits per heavy atom. The lowest BCUT2D eigenvalue weighted by atomic mass is 10.5. The summed E-state index contributed by atoms with van der Waals surface area (Å²) in [5, 5.41) is 3.76. The van der Waals surface area contributed by atoms with E-state index in [-0.39, 0.29) is 5.91 Å². The molecule has 0 spiro atoms. The number of ether oxygens (including phenoxy) is 2. The van der Waals surface area contributed by atoms with Gasteiger partial charge in [-0.1, -0.05) is 6.92 Å². The van der Waals surface area contributed by atoms with Crippen LogP contribution in [0.3, 0.4) is 0 Å². The molecule has 0 radical (unpaired) electrons. The average molecular weight is 258 g/mol. The molecule has 0 bridgehead atoms. The van der Waals surface area contributed by atoms with Gasteiger partial charge in [0.1, 0.15) is 4.88 Å². The van der Waals surface area contributed by atoms with Crippen LogP contribution in [0.2, 0.25) is 0 Å². The van der Waals surface area contributed by atoms with Crippen LogP contribution in [0.25, 0.3) is 0 Å². The molecule has 0 unspecified atom stereocenters. The molecule has 0 aromatic carbocycles. The lowest BCUT2D eigenvalue weighted by Crippen LogP contribution is -2.26. The first-order chi connectivity index (χ1) is 8.27. The Kier molecular flexibility index (Phi) is 6.76. The van der Waals surface area contributed by atoms with Crippen molar-refractivity contribution in [3.05, 3.63) is 16.1 Å². The van der Waals surface area contributed by atoms with Gasteiger partial charge in [0.25, 0.3) is 5.91 Å². The highest BCUT2D eigenvalue weighted by atomic mass is 32.1. The Hall–Kier alpha value is -0.980. The van der Waals surface area contributed by atoms with Crippen LogP contribution in [0.5, 0.6) is 0 Å². The molecule has 0 aliphatic heterocycles. The molecule has 0 saturated heterocycles. The summed E-state index contributed by atoms with van der Waals surface area (Å²) >= 11 is 1.43. The minimum Gasteiger partial charge on any atom is -0.382 e. The number of amides is 1. The Bertz CT molecular complexity index is 341. The Morgan fingerprint density at radius 3 is 2.94 bits per heavy atom. The second-order valence-electron chi connectivity index (χ2n) is 3.33. The first-order valence-electron chi connectivity index (χ1n) is 5.57. The van der Waals surface area contributed by atoms with Crippen molar-refractivity contribution in [3.8, 4) is 0 Å². The molecule has 96 valence electrons. The first kappa shape index (κ1) is 14.1. The standard InChI is InChI=1S/C11H18N2O3S/c1-3-10-13-8-9(17-10)11(14)12-4-5-16-7-6-15-2/h8H,3-7H2,1-2H3,(H,12,14). The number of hydrogen-bond acceptors (Lipinski definition) is 5. The molecule has 1 N–H and O–H groups in total. The van der Waals surface area contributed by atoms with E-state index in [1.165, 1.54) is 11.3 Å². The molecule has 0 saturated carbocycles. The zero-order valence-electron chi connectivity index (χ0n) is 10.2. The predicted octanol–water partition coefficient (Wildman–Crippen LogP) is 1.10. The van der Waals surface area contributed by atoms with Gasteiger partial charge in [-0.15, -0.1) is 11.3 Å². The molecule has 0 atom stereocenters. The van der Waals surface area contributed by atoms with Gasteiger partial charge in [0, 0.05) is 13.7 Å². The summed E-state index contributed by atoms with van der Waals surface area (Å²) in [6.45, 7) is 4.14. The number of carbonyl (C=O) groups excluding carboxylic acids is 1. The van der Waals surface area contributed by atoms with Gasteiger partial charge in [-0.3, -0.25) is 4.79 Å². The zero-order chi connectivity index (χ0) is 12.5. The summed E-state index contributed by atoms with van der Waals surface area (Å²) in [4.78, 5) is 16.4. The molecular formula is C11H18N2O3S. The summed E-state index contributed by atoms with van der Waals surface area (Å²) in [6.07, 6.45) is 2.47. The number of aryl methyl sites for hydroxylation is 1. The average Bonchev–Trinajstić information content (AvgIpc) is 2.82. The van der Waals surface area contributed by atoms with Crippen molar-refractivity contribution in [1.29, 1.82) is 0 Å². The maximum absolute atomic E-state index is 11.6. The molecule has 1 rings (SSSR count). The number of rotatable bonds is 8. The van der Waals surface area contributed by atoms with Crippen molar-refractivity contribution >= 4 is 17.2 Å². The third-order valence-electron chi connectivity index (χ3n) is 2.04. The number of carbonyl (C=O) groups is 1. The fourth-order valence-electron chi connectivity index (χ4n) is 1.15. The topological polar surface area (TPSA) is 60.5 Å². The normalized spacial score (nSPS) is 10.5. The van der Waals surface area contributed by atoms with E-state index < -0.39 is 0 Å². The molecule has 5 nitrogen and oxygen atoms in total. The third-order valence-corrected chi connectivity index (χ3v) is 3.18. The lowest BCUT2D eigenvalue weighted by molar-refractivity contribution is 0.0693. The molecule has 17 heavy (non-hydrogen) atoms. The van der Waals surface area contributed by atoms with E-state index in [0.29, 0.717) is 31.2 Å². The number of methoxy groups -OCH3 is 1. The predicted molar refractivity (Wildman–Crippen MR) is 66.5 cm³/mol. The molecule has 1 amide bonds. The van der Waals surface area contributed by atoms with Gasteiger partial charge in [-0.05, 0) is 6.42 Å². The quantitative estimate of drug-likeness (QED) is 0.709. The minimum atomic E-state index is -0.0856. The van der Waals surface area contributed by atoms with Gasteiger partial charge in [-0.25, -0.2) is 4.98 Å². The SMILES string of the molecule is CCc1ncc(C(=O)NCCOCCOC)s1. The summed E-state index contributed by atoms with van der Waals surface area (Å²) in [5.41, 5.74) is 0. The van der Waals surface area contributed by atoms with Crippen LogP contribution in [0.1, 0.15) is 21.6 Å². The smallest absolute Gasteiger partial charge is 0.263 e. The Balaban J connectivity index is 2.16. The van der Waals surface area contributed by atoms with Crippen molar-refractivity contribution in [1.82, 2.24) is 10.3 Å². The molecule has 1 aromatic heterocycles. The molecule has 0 aliphatic carbocycles. The van der Waals surface area contributed by atoms with Crippen molar-refractivity contribution < 1.29 is 14.3 Å². The van der Waals surface area contributed by atoms with Gasteiger partial charge >= 0.3 is 0 Å². The van der Waals surface area contributed by atoms with Crippen LogP contribution in [0, 0.1) is 0 Å². The second-order valence-corrected chi connectivity index (χ2v) is 4.45. The molecule has 1 heterocycles. The molecular weight excluding hydrogens is 240 g/mol. The lowest BCUT2D eigenvalue weighted by Gasteiger charge is -2.04. The van der Waals surface area contributed by atoms with Crippen LogP contribution in [-0.4, -0.2) is 44.4 Å². The van der Waals surface area contributed by atoms with Gasteiger partial charge < -0.3 is 14.8 Å². The van der Waals surface area contributed by atoms with E-state index >= 15 is 0 Å². The molecule has 0 fully saturated rings. The second kappa shape index (κ2) is 8.16. The van der Waals surface area contributed by atoms with E-state index in [1.54, 1.807) is 13.3 Å². The maximum Gasteiger partial charge on any atom is 0.263 e. The van der Waals surface area contributed by atoms with E-state index in [1.807, 2.05) is 6.92 Å². The number of nitrogens with one attached hydrogen (secondary N) is 1. The minimum absolute atomic E-state index is 0.0856. The number of nitrogens with zero attached hydrogens (tertiary/aromatic N) is 1. The molecule has 0 aliphatic rings. The molecule has 1 aromatic rings. The van der Waals surface area contributed by atoms with Crippen LogP contribution in [-0.2, 0) is 15.9 Å². The van der Waals surface area contributed by atoms with Crippen molar-refractivity contribution in [3.63, 3.8) is 0 Å². The van der Waals surface area contributed by atoms with Gasteiger partial charge in [0.2, 0.25) is 0 Å². The van der Waals surface area contributed by atoms with Crippen molar-refractivity contribution in [2.75, 3.05) is 33.5 Å². The monoisotopic (exact) mass is 258 g/mol. The number of aromatic nitrogens is 1.